The molecule has 0 aliphatic carbocycles. The molecular formula is C23H20BrClN4O. The Morgan fingerprint density at radius 1 is 1.07 bits per heavy atom. The van der Waals surface area contributed by atoms with Crippen LogP contribution in [0.25, 0.3) is 0 Å². The fourth-order valence-corrected chi connectivity index (χ4v) is 4.21. The minimum Gasteiger partial charge on any atom is -0.372 e. The Morgan fingerprint density at radius 3 is 2.53 bits per heavy atom. The average molecular weight is 484 g/mol. The van der Waals surface area contributed by atoms with E-state index < -0.39 is 11.3 Å². The Labute approximate surface area is 188 Å². The SMILES string of the molecule is CC1=C(C(=O)Cl)C(c2cncc(Br)c2)Nc2ccc(N(C)c3ccccc3)cc2N1. The highest BCUT2D eigenvalue weighted by molar-refractivity contribution is 9.10. The van der Waals surface area contributed by atoms with Crippen LogP contribution in [0.15, 0.2) is 82.7 Å². The van der Waals surface area contributed by atoms with Crippen molar-refractivity contribution >= 4 is 55.5 Å². The van der Waals surface area contributed by atoms with Gasteiger partial charge in [0.05, 0.1) is 23.0 Å². The zero-order chi connectivity index (χ0) is 21.3. The van der Waals surface area contributed by atoms with E-state index in [-0.39, 0.29) is 0 Å². The average Bonchev–Trinajstić information content (AvgIpc) is 2.89. The molecule has 30 heavy (non-hydrogen) atoms. The van der Waals surface area contributed by atoms with Crippen LogP contribution in [0.2, 0.25) is 0 Å². The number of hydrogen-bond acceptors (Lipinski definition) is 5. The molecule has 0 amide bonds. The van der Waals surface area contributed by atoms with Gasteiger partial charge in [0, 0.05) is 41.0 Å². The van der Waals surface area contributed by atoms with E-state index in [4.69, 9.17) is 11.6 Å². The van der Waals surface area contributed by atoms with Crippen LogP contribution in [0.1, 0.15) is 18.5 Å². The molecule has 4 rings (SSSR count). The molecule has 1 aliphatic heterocycles. The molecule has 0 radical (unpaired) electrons. The van der Waals surface area contributed by atoms with Gasteiger partial charge in [-0.2, -0.15) is 0 Å². The summed E-state index contributed by atoms with van der Waals surface area (Å²) in [6.45, 7) is 1.86. The largest absolute Gasteiger partial charge is 0.372 e. The van der Waals surface area contributed by atoms with Crippen molar-refractivity contribution < 1.29 is 4.79 Å². The summed E-state index contributed by atoms with van der Waals surface area (Å²) < 4.78 is 0.832. The summed E-state index contributed by atoms with van der Waals surface area (Å²) in [7, 11) is 2.02. The lowest BCUT2D eigenvalue weighted by atomic mass is 9.99. The third-order valence-corrected chi connectivity index (χ3v) is 5.76. The molecular weight excluding hydrogens is 464 g/mol. The van der Waals surface area contributed by atoms with E-state index in [1.807, 2.05) is 50.4 Å². The van der Waals surface area contributed by atoms with E-state index in [1.54, 1.807) is 12.4 Å². The van der Waals surface area contributed by atoms with E-state index in [2.05, 4.69) is 54.6 Å². The number of carbonyl (C=O) groups excluding carboxylic acids is 1. The van der Waals surface area contributed by atoms with Crippen molar-refractivity contribution in [2.24, 2.45) is 0 Å². The van der Waals surface area contributed by atoms with E-state index in [0.29, 0.717) is 11.3 Å². The van der Waals surface area contributed by atoms with Gasteiger partial charge in [0.2, 0.25) is 0 Å². The number of hydrogen-bond donors (Lipinski definition) is 2. The molecule has 152 valence electrons. The van der Waals surface area contributed by atoms with Crippen LogP contribution in [0.5, 0.6) is 0 Å². The number of fused-ring (bicyclic) bond motifs is 1. The number of halogens is 2. The Kier molecular flexibility index (Phi) is 5.79. The molecule has 3 aromatic rings. The minimum absolute atomic E-state index is 0.425. The van der Waals surface area contributed by atoms with Gasteiger partial charge in [0.25, 0.3) is 5.24 Å². The van der Waals surface area contributed by atoms with E-state index in [0.717, 1.165) is 32.8 Å². The molecule has 0 spiro atoms. The number of pyridine rings is 1. The highest BCUT2D eigenvalue weighted by Gasteiger charge is 2.28. The molecule has 7 heteroatoms. The van der Waals surface area contributed by atoms with E-state index >= 15 is 0 Å². The summed E-state index contributed by atoms with van der Waals surface area (Å²) in [5, 5.41) is 6.33. The first-order valence-electron chi connectivity index (χ1n) is 9.41. The first-order valence-corrected chi connectivity index (χ1v) is 10.6. The zero-order valence-corrected chi connectivity index (χ0v) is 18.8. The molecule has 1 aliphatic rings. The molecule has 1 atom stereocenters. The van der Waals surface area contributed by atoms with Gasteiger partial charge in [-0.25, -0.2) is 0 Å². The van der Waals surface area contributed by atoms with Crippen LogP contribution in [0.4, 0.5) is 22.7 Å². The fraction of sp³-hybridized carbons (Fsp3) is 0.130. The van der Waals surface area contributed by atoms with Gasteiger partial charge in [-0.3, -0.25) is 9.78 Å². The monoisotopic (exact) mass is 482 g/mol. The van der Waals surface area contributed by atoms with E-state index in [1.165, 1.54) is 0 Å². The molecule has 5 nitrogen and oxygen atoms in total. The van der Waals surface area contributed by atoms with Crippen LogP contribution >= 0.6 is 27.5 Å². The molecule has 2 N–H and O–H groups in total. The van der Waals surface area contributed by atoms with Crippen molar-refractivity contribution in [3.8, 4) is 0 Å². The summed E-state index contributed by atoms with van der Waals surface area (Å²) in [4.78, 5) is 18.7. The van der Waals surface area contributed by atoms with Crippen molar-refractivity contribution in [2.75, 3.05) is 22.6 Å². The lowest BCUT2D eigenvalue weighted by Gasteiger charge is -2.23. The minimum atomic E-state index is -0.507. The number of aromatic nitrogens is 1. The number of carbonyl (C=O) groups is 1. The van der Waals surface area contributed by atoms with Crippen molar-refractivity contribution in [3.05, 3.63) is 88.3 Å². The molecule has 0 bridgehead atoms. The Balaban J connectivity index is 1.76. The highest BCUT2D eigenvalue weighted by atomic mass is 79.9. The van der Waals surface area contributed by atoms with Crippen LogP contribution in [-0.2, 0) is 4.79 Å². The lowest BCUT2D eigenvalue weighted by Crippen LogP contribution is -2.18. The van der Waals surface area contributed by atoms with E-state index in [9.17, 15) is 4.79 Å². The van der Waals surface area contributed by atoms with Crippen LogP contribution in [-0.4, -0.2) is 17.3 Å². The lowest BCUT2D eigenvalue weighted by molar-refractivity contribution is -0.108. The summed E-state index contributed by atoms with van der Waals surface area (Å²) >= 11 is 9.45. The maximum absolute atomic E-state index is 12.3. The third-order valence-electron chi connectivity index (χ3n) is 5.12. The maximum Gasteiger partial charge on any atom is 0.252 e. The first-order chi connectivity index (χ1) is 14.4. The van der Waals surface area contributed by atoms with Gasteiger partial charge in [-0.1, -0.05) is 18.2 Å². The Morgan fingerprint density at radius 2 is 1.83 bits per heavy atom. The predicted molar refractivity (Wildman–Crippen MR) is 126 cm³/mol. The van der Waals surface area contributed by atoms with Gasteiger partial charge in [0.15, 0.2) is 0 Å². The van der Waals surface area contributed by atoms with Gasteiger partial charge in [-0.15, -0.1) is 0 Å². The molecule has 0 saturated carbocycles. The standard InChI is InChI=1S/C23H20BrClN4O/c1-14-21(23(25)30)22(15-10-16(24)13-26-12-15)28-19-9-8-18(11-20(19)27-14)29(2)17-6-4-3-5-7-17/h3-13,22,27-28H,1-2H3. The zero-order valence-electron chi connectivity index (χ0n) is 16.5. The fourth-order valence-electron chi connectivity index (χ4n) is 3.58. The van der Waals surface area contributed by atoms with Crippen molar-refractivity contribution in [1.29, 1.82) is 0 Å². The first kappa shape index (κ1) is 20.4. The van der Waals surface area contributed by atoms with Crippen LogP contribution < -0.4 is 15.5 Å². The van der Waals surface area contributed by atoms with Crippen molar-refractivity contribution in [2.45, 2.75) is 13.0 Å². The molecule has 2 aromatic carbocycles. The number of benzene rings is 2. The van der Waals surface area contributed by atoms with Crippen LogP contribution in [0.3, 0.4) is 0 Å². The van der Waals surface area contributed by atoms with Gasteiger partial charge >= 0.3 is 0 Å². The molecule has 0 fully saturated rings. The van der Waals surface area contributed by atoms with Gasteiger partial charge < -0.3 is 15.5 Å². The van der Waals surface area contributed by atoms with Gasteiger partial charge in [0.1, 0.15) is 0 Å². The Hall–Kier alpha value is -2.83. The quantitative estimate of drug-likeness (QED) is 0.431. The van der Waals surface area contributed by atoms with Crippen LogP contribution in [0, 0.1) is 0 Å². The van der Waals surface area contributed by atoms with Gasteiger partial charge in [-0.05, 0) is 76.4 Å². The molecule has 1 aromatic heterocycles. The molecule has 2 heterocycles. The second-order valence-corrected chi connectivity index (χ2v) is 8.33. The summed E-state index contributed by atoms with van der Waals surface area (Å²) in [6, 6.07) is 17.7. The second kappa shape index (κ2) is 8.50. The topological polar surface area (TPSA) is 57.3 Å². The van der Waals surface area contributed by atoms with Crippen molar-refractivity contribution in [1.82, 2.24) is 4.98 Å². The smallest absolute Gasteiger partial charge is 0.252 e. The summed E-state index contributed by atoms with van der Waals surface area (Å²) in [6.07, 6.45) is 3.44. The third kappa shape index (κ3) is 4.06. The number of allylic oxidation sites excluding steroid dienone is 1. The molecule has 0 saturated heterocycles. The predicted octanol–water partition coefficient (Wildman–Crippen LogP) is 6.23. The number of nitrogens with one attached hydrogen (secondary N) is 2. The highest BCUT2D eigenvalue weighted by Crippen LogP contribution is 2.39. The number of para-hydroxylation sites is 1. The van der Waals surface area contributed by atoms with Crippen molar-refractivity contribution in [3.63, 3.8) is 0 Å². The Bertz CT molecular complexity index is 1130. The summed E-state index contributed by atoms with van der Waals surface area (Å²) in [5.41, 5.74) is 5.85. The second-order valence-electron chi connectivity index (χ2n) is 7.08. The normalized spacial score (nSPS) is 15.5. The number of anilines is 4. The summed E-state index contributed by atoms with van der Waals surface area (Å²) in [5.74, 6) is 0. The molecule has 1 unspecified atom stereocenters. The number of rotatable bonds is 4. The number of nitrogens with zero attached hydrogens (tertiary/aromatic N) is 2. The maximum atomic E-state index is 12.3.